The summed E-state index contributed by atoms with van der Waals surface area (Å²) in [5.74, 6) is -3.09. The average molecular weight is 2000 g/mol. The summed E-state index contributed by atoms with van der Waals surface area (Å²) in [6.07, 6.45) is 16.5. The Labute approximate surface area is 721 Å². The van der Waals surface area contributed by atoms with E-state index in [9.17, 15) is 37.5 Å². The molecule has 0 atom stereocenters. The van der Waals surface area contributed by atoms with Crippen LogP contribution in [0.15, 0.2) is 162 Å². The van der Waals surface area contributed by atoms with Crippen LogP contribution in [0.3, 0.4) is 0 Å². The second-order valence-corrected chi connectivity index (χ2v) is 31.4. The lowest BCUT2D eigenvalue weighted by atomic mass is 10.1. The number of esters is 2. The summed E-state index contributed by atoms with van der Waals surface area (Å²) < 4.78 is 51.2. The number of aliphatic hydroxyl groups excluding tert-OH is 1. The summed E-state index contributed by atoms with van der Waals surface area (Å²) in [6, 6.07) is 17.1. The Morgan fingerprint density at radius 3 is 1.43 bits per heavy atom. The summed E-state index contributed by atoms with van der Waals surface area (Å²) in [5, 5.41) is 57.9. The number of nitrogens with zero attached hydrogens (tertiary/aromatic N) is 22. The minimum Gasteiger partial charge on any atom is -0.478 e. The van der Waals surface area contributed by atoms with Gasteiger partial charge in [0.25, 0.3) is 6.43 Å². The van der Waals surface area contributed by atoms with E-state index in [0.717, 1.165) is 77.9 Å². The Balaban J connectivity index is 0.000000158. The van der Waals surface area contributed by atoms with Crippen molar-refractivity contribution < 1.29 is 62.3 Å². The molecule has 16 rings (SSSR count). The minimum atomic E-state index is -2.65. The number of Topliss-reactive ketones (excluding diaryl/α,β-unsaturated/α-hetero) is 2. The van der Waals surface area contributed by atoms with Crippen LogP contribution in [0.2, 0.25) is 0 Å². The number of fused-ring (bicyclic) bond motifs is 5. The van der Waals surface area contributed by atoms with Crippen LogP contribution in [0.5, 0.6) is 0 Å². The van der Waals surface area contributed by atoms with Crippen LogP contribution in [0.4, 0.5) is 14.5 Å². The number of hydrogen-bond donors (Lipinski definition) is 4. The number of rotatable bonds is 16. The van der Waals surface area contributed by atoms with Crippen LogP contribution < -0.4 is 5.73 Å². The minimum absolute atomic E-state index is 0. The highest BCUT2D eigenvalue weighted by atomic mass is 79.9. The molecule has 117 heavy (non-hydrogen) atoms. The average Bonchev–Trinajstić information content (AvgIpc) is 1.58. The fraction of sp³-hybridized carbons (Fsp3) is 0.222. The molecule has 0 aliphatic heterocycles. The number of nitrogens with two attached hydrogens (primary N) is 1. The zero-order valence-corrected chi connectivity index (χ0v) is 73.9. The SMILES string of the molecule is CC(C)(C)OC(=O)Cc1ccn2cc(Br)nc2c1.CCc1csc(-c2cnn(C)c2C(=O)CO)n1.CCc1csc(-c2cnn(C)c2C(=O)O)n1.COC(=O)c1ccn2nc(Br)nc2c1.Cl.Cn1ncc(-c2nc(C(F)F)cs2)c1C(=O)Cc1ccn2nc(Br)nc2c1.Nc1ccn2cc(Br)nc2c1.O=C(O)c1ccn2nc(Br)nc2c1. The van der Waals surface area contributed by atoms with E-state index in [4.69, 9.17) is 25.8 Å². The highest BCUT2D eigenvalue weighted by Crippen LogP contribution is 2.33. The fourth-order valence-electron chi connectivity index (χ4n) is 10.4. The van der Waals surface area contributed by atoms with Gasteiger partial charge in [-0.15, -0.1) is 61.7 Å². The zero-order valence-electron chi connectivity index (χ0n) is 62.7. The number of ether oxygens (including phenoxy) is 2. The third-order valence-electron chi connectivity index (χ3n) is 15.7. The molecule has 5 N–H and O–H groups in total. The second-order valence-electron chi connectivity index (χ2n) is 25.1. The van der Waals surface area contributed by atoms with Gasteiger partial charge >= 0.3 is 23.9 Å². The van der Waals surface area contributed by atoms with Crippen LogP contribution >= 0.6 is 126 Å². The van der Waals surface area contributed by atoms with Gasteiger partial charge in [-0.05, 0) is 179 Å². The van der Waals surface area contributed by atoms with E-state index >= 15 is 0 Å². The predicted octanol–water partition coefficient (Wildman–Crippen LogP) is 14.3. The molecule has 16 aromatic rings. The third kappa shape index (κ3) is 23.8. The molecule has 0 aromatic carbocycles. The summed E-state index contributed by atoms with van der Waals surface area (Å²) in [5.41, 5.74) is 15.8. The van der Waals surface area contributed by atoms with E-state index < -0.39 is 30.6 Å². The molecule has 0 unspecified atom stereocenters. The first kappa shape index (κ1) is 90.2. The lowest BCUT2D eigenvalue weighted by Gasteiger charge is -2.19. The molecule has 0 fully saturated rings. The number of alkyl halides is 2. The van der Waals surface area contributed by atoms with Crippen LogP contribution in [0, 0.1) is 0 Å². The highest BCUT2D eigenvalue weighted by molar-refractivity contribution is 9.11. The topological polar surface area (TPSA) is 425 Å². The number of carbonyl (C=O) groups excluding carboxylic acids is 4. The third-order valence-corrected chi connectivity index (χ3v) is 20.2. The van der Waals surface area contributed by atoms with Crippen LogP contribution in [0.25, 0.3) is 59.9 Å². The molecule has 0 saturated carbocycles. The maximum absolute atomic E-state index is 12.9. The van der Waals surface area contributed by atoms with Crippen molar-refractivity contribution >= 4 is 195 Å². The molecular formula is C72H67Br5ClF2N23O11S3. The monoisotopic (exact) mass is 1990 g/mol. The number of imidazole rings is 2. The van der Waals surface area contributed by atoms with Crippen molar-refractivity contribution in [3.05, 3.63) is 219 Å². The fourth-order valence-corrected chi connectivity index (χ4v) is 15.0. The van der Waals surface area contributed by atoms with Gasteiger partial charge in [-0.1, -0.05) is 13.8 Å². The Morgan fingerprint density at radius 1 is 0.530 bits per heavy atom. The number of methoxy groups -OCH3 is 1. The van der Waals surface area contributed by atoms with Crippen LogP contribution in [-0.2, 0) is 61.1 Å². The molecule has 0 bridgehead atoms. The van der Waals surface area contributed by atoms with Crippen LogP contribution in [-0.4, -0.2) is 177 Å². The first-order valence-electron chi connectivity index (χ1n) is 33.9. The number of hydrogen-bond acceptors (Lipinski definition) is 27. The summed E-state index contributed by atoms with van der Waals surface area (Å²) in [7, 11) is 6.27. The number of carbonyl (C=O) groups is 6. The van der Waals surface area contributed by atoms with Gasteiger partial charge in [0.05, 0.1) is 71.3 Å². The van der Waals surface area contributed by atoms with Gasteiger partial charge in [-0.25, -0.2) is 76.6 Å². The second kappa shape index (κ2) is 40.4. The molecule has 16 heterocycles. The summed E-state index contributed by atoms with van der Waals surface area (Å²) >= 11 is 20.0. The molecule has 16 aromatic heterocycles. The van der Waals surface area contributed by atoms with Crippen LogP contribution in [0.1, 0.15) is 121 Å². The number of halogens is 8. The van der Waals surface area contributed by atoms with E-state index in [1.54, 1.807) is 85.4 Å². The van der Waals surface area contributed by atoms with Crippen molar-refractivity contribution in [2.24, 2.45) is 21.1 Å². The van der Waals surface area contributed by atoms with Gasteiger partial charge < -0.3 is 39.3 Å². The molecule has 0 aliphatic carbocycles. The van der Waals surface area contributed by atoms with Crippen molar-refractivity contribution in [1.82, 2.24) is 107 Å². The predicted molar refractivity (Wildman–Crippen MR) is 450 cm³/mol. The number of ketones is 2. The first-order valence-corrected chi connectivity index (χ1v) is 40.5. The molecule has 45 heteroatoms. The molecule has 34 nitrogen and oxygen atoms in total. The van der Waals surface area contributed by atoms with Crippen molar-refractivity contribution in [2.45, 2.75) is 72.3 Å². The number of pyridine rings is 5. The van der Waals surface area contributed by atoms with Gasteiger partial charge in [0.1, 0.15) is 64.8 Å². The van der Waals surface area contributed by atoms with E-state index in [2.05, 4.69) is 155 Å². The van der Waals surface area contributed by atoms with Gasteiger partial charge in [-0.3, -0.25) is 28.4 Å². The molecule has 0 spiro atoms. The number of aromatic carboxylic acids is 2. The summed E-state index contributed by atoms with van der Waals surface area (Å²) in [4.78, 5) is 102. The first-order chi connectivity index (χ1) is 55.2. The number of thiazole rings is 3. The van der Waals surface area contributed by atoms with E-state index in [1.165, 1.54) is 72.1 Å². The molecule has 0 aliphatic rings. The molecule has 0 amide bonds. The molecule has 0 saturated heterocycles. The number of carboxylic acids is 2. The number of aromatic nitrogens is 22. The Bertz CT molecular complexity index is 6240. The van der Waals surface area contributed by atoms with E-state index in [0.29, 0.717) is 74.8 Å². The lowest BCUT2D eigenvalue weighted by Crippen LogP contribution is -2.24. The number of anilines is 1. The smallest absolute Gasteiger partial charge is 0.354 e. The largest absolute Gasteiger partial charge is 0.478 e. The van der Waals surface area contributed by atoms with Gasteiger partial charge in [0.2, 0.25) is 20.0 Å². The number of aryl methyl sites for hydroxylation is 5. The van der Waals surface area contributed by atoms with E-state index in [1.807, 2.05) is 103 Å². The van der Waals surface area contributed by atoms with Crippen molar-refractivity contribution in [3.63, 3.8) is 0 Å². The normalized spacial score (nSPS) is 10.9. The molecule has 0 radical (unpaired) electrons. The summed E-state index contributed by atoms with van der Waals surface area (Å²) in [6.45, 7) is 9.11. The van der Waals surface area contributed by atoms with Crippen molar-refractivity contribution in [2.75, 3.05) is 19.5 Å². The van der Waals surface area contributed by atoms with Gasteiger partial charge in [-0.2, -0.15) is 15.3 Å². The maximum atomic E-state index is 12.9. The zero-order chi connectivity index (χ0) is 84.0. The quantitative estimate of drug-likeness (QED) is 0.0515. The highest BCUT2D eigenvalue weighted by Gasteiger charge is 2.25. The maximum Gasteiger partial charge on any atom is 0.354 e. The van der Waals surface area contributed by atoms with Crippen molar-refractivity contribution in [1.29, 1.82) is 0 Å². The van der Waals surface area contributed by atoms with Crippen molar-refractivity contribution in [3.8, 4) is 31.7 Å². The molecular weight excluding hydrogens is 1930 g/mol. The number of nitrogen functional groups attached to an aromatic ring is 1. The van der Waals surface area contributed by atoms with Gasteiger partial charge in [0.15, 0.2) is 28.4 Å². The Morgan fingerprint density at radius 2 is 0.957 bits per heavy atom. The Hall–Kier alpha value is -10.7. The molecule has 610 valence electrons. The lowest BCUT2D eigenvalue weighted by molar-refractivity contribution is -0.153. The van der Waals surface area contributed by atoms with E-state index in [-0.39, 0.29) is 65.7 Å². The Kier molecular flexibility index (Phi) is 31.2. The number of aliphatic hydroxyl groups is 1. The van der Waals surface area contributed by atoms with Gasteiger partial charge in [0, 0.05) is 98.8 Å². The number of carboxylic acid groups (broad SMARTS) is 2. The standard InChI is InChI=1S/C16H11BrF2N6OS.C13H15BrN2O2.C11H13N3O2S.C10H11N3O2S.C8H6BrN3O2.C7H4BrN3O2.C7H6BrN3.ClH/c1-24-13(9(6-20-24)15-21-10(7-27-15)14(18)19)11(26)4-8-2-3-25-12(5-8)22-16(17)23-25;1-13(2,3)18-12(17)7-9-4-5-16-8-10(14)15-11(16)6-9;1-3-7-6-17-11(13-7)8-4-12-14(2)10(8)9(16)5-15;1-3-6-5-16-9(12-6)7-4-11-13(2)8(7)10(14)15;1-14-7(13)5-2-3-12-6(4-5)10-8(9)11-12;8-7-9-5-3-4(6(12)13)1-2-11(5)10-7;8-6-4-11-2-1-5(9)3-7(11)10-6;/h2-3,5-7,14H,4H2,1H3;4-6,8H,7H2,1-3H3;4,6,15H,3,5H2,1-2H3;4-5H,3H2,1-2H3,(H,14,15);2-4H,1H3;1-3H,(H,12,13);1-4H,9H2;1H.